The number of amides is 1. The normalized spacial score (nSPS) is 11.9. The number of carbonyl (C=O) groups excluding carboxylic acids is 2. The molecular formula is C16H11Cl2NO5. The van der Waals surface area contributed by atoms with E-state index in [0.29, 0.717) is 22.2 Å². The lowest BCUT2D eigenvalue weighted by atomic mass is 10.2. The van der Waals surface area contributed by atoms with Gasteiger partial charge in [0.15, 0.2) is 18.1 Å². The van der Waals surface area contributed by atoms with Crippen molar-refractivity contribution in [2.75, 3.05) is 18.7 Å². The highest BCUT2D eigenvalue weighted by Gasteiger charge is 2.18. The van der Waals surface area contributed by atoms with E-state index in [9.17, 15) is 9.59 Å². The molecule has 0 spiro atoms. The Morgan fingerprint density at radius 1 is 1.12 bits per heavy atom. The Hall–Kier alpha value is -2.44. The Bertz CT molecular complexity index is 809. The van der Waals surface area contributed by atoms with Crippen molar-refractivity contribution in [3.8, 4) is 11.5 Å². The third-order valence-electron chi connectivity index (χ3n) is 3.17. The van der Waals surface area contributed by atoms with Gasteiger partial charge in [-0.15, -0.1) is 0 Å². The van der Waals surface area contributed by atoms with Crippen LogP contribution in [0.2, 0.25) is 10.0 Å². The van der Waals surface area contributed by atoms with Gasteiger partial charge in [-0.2, -0.15) is 0 Å². The zero-order valence-electron chi connectivity index (χ0n) is 12.2. The maximum absolute atomic E-state index is 12.0. The van der Waals surface area contributed by atoms with Gasteiger partial charge in [-0.1, -0.05) is 29.3 Å². The van der Waals surface area contributed by atoms with Crippen LogP contribution in [0.15, 0.2) is 36.4 Å². The molecule has 1 heterocycles. The lowest BCUT2D eigenvalue weighted by molar-refractivity contribution is -0.119. The predicted molar refractivity (Wildman–Crippen MR) is 87.9 cm³/mol. The first-order valence-corrected chi connectivity index (χ1v) is 7.61. The molecule has 1 aliphatic rings. The summed E-state index contributed by atoms with van der Waals surface area (Å²) >= 11 is 11.8. The molecule has 0 bridgehead atoms. The number of halogens is 2. The van der Waals surface area contributed by atoms with Crippen LogP contribution < -0.4 is 14.8 Å². The fourth-order valence-corrected chi connectivity index (χ4v) is 2.37. The summed E-state index contributed by atoms with van der Waals surface area (Å²) in [5, 5.41) is 3.05. The molecule has 6 nitrogen and oxygen atoms in total. The van der Waals surface area contributed by atoms with Crippen molar-refractivity contribution in [3.05, 3.63) is 52.0 Å². The minimum Gasteiger partial charge on any atom is -0.454 e. The van der Waals surface area contributed by atoms with E-state index >= 15 is 0 Å². The molecule has 1 aliphatic heterocycles. The number of carbonyl (C=O) groups is 2. The zero-order valence-corrected chi connectivity index (χ0v) is 13.7. The molecule has 3 rings (SSSR count). The van der Waals surface area contributed by atoms with E-state index in [2.05, 4.69) is 5.32 Å². The second-order valence-corrected chi connectivity index (χ2v) is 5.58. The van der Waals surface area contributed by atoms with E-state index in [0.717, 1.165) is 0 Å². The zero-order chi connectivity index (χ0) is 17.1. The number of hydrogen-bond donors (Lipinski definition) is 1. The summed E-state index contributed by atoms with van der Waals surface area (Å²) in [5.41, 5.74) is 0.598. The minimum atomic E-state index is -0.652. The van der Waals surface area contributed by atoms with Crippen LogP contribution in [0.4, 0.5) is 5.69 Å². The van der Waals surface area contributed by atoms with Crippen LogP contribution in [0, 0.1) is 0 Å². The first kappa shape index (κ1) is 16.4. The van der Waals surface area contributed by atoms with E-state index in [1.54, 1.807) is 24.3 Å². The third kappa shape index (κ3) is 3.55. The highest BCUT2D eigenvalue weighted by atomic mass is 35.5. The topological polar surface area (TPSA) is 73.9 Å². The summed E-state index contributed by atoms with van der Waals surface area (Å²) < 4.78 is 15.3. The van der Waals surface area contributed by atoms with Gasteiger partial charge in [0, 0.05) is 0 Å². The number of benzene rings is 2. The molecule has 0 aliphatic carbocycles. The van der Waals surface area contributed by atoms with Crippen LogP contribution in [0.1, 0.15) is 10.4 Å². The van der Waals surface area contributed by atoms with Crippen molar-refractivity contribution in [3.63, 3.8) is 0 Å². The van der Waals surface area contributed by atoms with E-state index in [1.807, 2.05) is 0 Å². The second-order valence-electron chi connectivity index (χ2n) is 4.79. The van der Waals surface area contributed by atoms with E-state index in [4.69, 9.17) is 37.4 Å². The van der Waals surface area contributed by atoms with Crippen LogP contribution in [-0.4, -0.2) is 25.3 Å². The fraction of sp³-hybridized carbons (Fsp3) is 0.125. The number of nitrogens with one attached hydrogen (secondary N) is 1. The molecule has 0 fully saturated rings. The SMILES string of the molecule is O=C(COC(=O)c1ccc2c(c1)OCO2)Nc1cccc(Cl)c1Cl. The molecule has 0 radical (unpaired) electrons. The highest BCUT2D eigenvalue weighted by molar-refractivity contribution is 6.44. The van der Waals surface area contributed by atoms with Crippen LogP contribution in [0.25, 0.3) is 0 Å². The summed E-state index contributed by atoms with van der Waals surface area (Å²) in [7, 11) is 0. The third-order valence-corrected chi connectivity index (χ3v) is 3.99. The van der Waals surface area contributed by atoms with E-state index in [1.165, 1.54) is 12.1 Å². The molecule has 24 heavy (non-hydrogen) atoms. The van der Waals surface area contributed by atoms with Gasteiger partial charge in [0.05, 0.1) is 21.3 Å². The van der Waals surface area contributed by atoms with Gasteiger partial charge in [0.2, 0.25) is 6.79 Å². The van der Waals surface area contributed by atoms with Crippen LogP contribution >= 0.6 is 23.2 Å². The number of fused-ring (bicyclic) bond motifs is 1. The average Bonchev–Trinajstić information content (AvgIpc) is 3.04. The van der Waals surface area contributed by atoms with Crippen LogP contribution in [0.3, 0.4) is 0 Å². The Kier molecular flexibility index (Phi) is 4.78. The minimum absolute atomic E-state index is 0.108. The molecule has 0 atom stereocenters. The largest absolute Gasteiger partial charge is 0.454 e. The molecule has 8 heteroatoms. The van der Waals surface area contributed by atoms with Crippen molar-refractivity contribution >= 4 is 40.8 Å². The fourth-order valence-electron chi connectivity index (χ4n) is 2.02. The molecule has 1 amide bonds. The Morgan fingerprint density at radius 3 is 2.75 bits per heavy atom. The summed E-state index contributed by atoms with van der Waals surface area (Å²) in [6, 6.07) is 9.45. The quantitative estimate of drug-likeness (QED) is 0.836. The number of anilines is 1. The molecular weight excluding hydrogens is 357 g/mol. The monoisotopic (exact) mass is 367 g/mol. The van der Waals surface area contributed by atoms with E-state index < -0.39 is 18.5 Å². The number of esters is 1. The summed E-state index contributed by atoms with van der Waals surface area (Å²) in [5.74, 6) is -0.173. The molecule has 2 aromatic carbocycles. The molecule has 0 saturated carbocycles. The van der Waals surface area contributed by atoms with Gasteiger partial charge in [-0.25, -0.2) is 4.79 Å². The number of rotatable bonds is 4. The maximum atomic E-state index is 12.0. The molecule has 2 aromatic rings. The summed E-state index contributed by atoms with van der Waals surface area (Å²) in [6.07, 6.45) is 0. The molecule has 124 valence electrons. The van der Waals surface area contributed by atoms with Crippen molar-refractivity contribution in [1.29, 1.82) is 0 Å². The second kappa shape index (κ2) is 6.98. The van der Waals surface area contributed by atoms with Gasteiger partial charge in [-0.05, 0) is 30.3 Å². The van der Waals surface area contributed by atoms with E-state index in [-0.39, 0.29) is 17.4 Å². The first-order valence-electron chi connectivity index (χ1n) is 6.85. The highest BCUT2D eigenvalue weighted by Crippen LogP contribution is 2.32. The van der Waals surface area contributed by atoms with Gasteiger partial charge in [-0.3, -0.25) is 4.79 Å². The van der Waals surface area contributed by atoms with Crippen LogP contribution in [-0.2, 0) is 9.53 Å². The first-order chi connectivity index (χ1) is 11.5. The molecule has 0 unspecified atom stereocenters. The Morgan fingerprint density at radius 2 is 1.92 bits per heavy atom. The van der Waals surface area contributed by atoms with Gasteiger partial charge in [0.25, 0.3) is 5.91 Å². The lowest BCUT2D eigenvalue weighted by Crippen LogP contribution is -2.21. The number of hydrogen-bond acceptors (Lipinski definition) is 5. The predicted octanol–water partition coefficient (Wildman–Crippen LogP) is 3.52. The molecule has 0 aromatic heterocycles. The standard InChI is InChI=1S/C16H11Cl2NO5/c17-10-2-1-3-11(15(10)18)19-14(20)7-22-16(21)9-4-5-12-13(6-9)24-8-23-12/h1-6H,7-8H2,(H,19,20). The smallest absolute Gasteiger partial charge is 0.338 e. The Balaban J connectivity index is 1.58. The molecule has 0 saturated heterocycles. The van der Waals surface area contributed by atoms with Crippen molar-refractivity contribution in [1.82, 2.24) is 0 Å². The average molecular weight is 368 g/mol. The van der Waals surface area contributed by atoms with Crippen molar-refractivity contribution in [2.24, 2.45) is 0 Å². The maximum Gasteiger partial charge on any atom is 0.338 e. The van der Waals surface area contributed by atoms with Gasteiger partial charge in [0.1, 0.15) is 0 Å². The molecule has 1 N–H and O–H groups in total. The van der Waals surface area contributed by atoms with Crippen molar-refractivity contribution < 1.29 is 23.8 Å². The van der Waals surface area contributed by atoms with Crippen LogP contribution in [0.5, 0.6) is 11.5 Å². The Labute approximate surface area is 147 Å². The van der Waals surface area contributed by atoms with Crippen molar-refractivity contribution in [2.45, 2.75) is 0 Å². The van der Waals surface area contributed by atoms with Gasteiger partial charge >= 0.3 is 5.97 Å². The lowest BCUT2D eigenvalue weighted by Gasteiger charge is -2.09. The summed E-state index contributed by atoms with van der Waals surface area (Å²) in [4.78, 5) is 23.8. The summed E-state index contributed by atoms with van der Waals surface area (Å²) in [6.45, 7) is -0.354. The van der Waals surface area contributed by atoms with Gasteiger partial charge < -0.3 is 19.5 Å². The number of ether oxygens (including phenoxy) is 3.